The van der Waals surface area contributed by atoms with Crippen molar-refractivity contribution >= 4 is 76.7 Å². The molecule has 0 unspecified atom stereocenters. The van der Waals surface area contributed by atoms with Crippen molar-refractivity contribution in [2.45, 2.75) is 141 Å². The minimum Gasteiger partial charge on any atom is -0.294 e. The molecule has 0 aliphatic carbocycles. The highest BCUT2D eigenvalue weighted by atomic mass is 32.1. The first-order chi connectivity index (χ1) is 22.0. The van der Waals surface area contributed by atoms with Gasteiger partial charge in [-0.2, -0.15) is 12.6 Å². The van der Waals surface area contributed by atoms with Crippen LogP contribution in [-0.2, 0) is 52.7 Å². The van der Waals surface area contributed by atoms with Crippen LogP contribution in [0.3, 0.4) is 0 Å². The van der Waals surface area contributed by atoms with E-state index in [1.54, 1.807) is 0 Å². The lowest BCUT2D eigenvalue weighted by Gasteiger charge is -2.04. The molecule has 0 amide bonds. The van der Waals surface area contributed by atoms with Gasteiger partial charge in [-0.25, -0.2) is 0 Å². The van der Waals surface area contributed by atoms with Crippen molar-refractivity contribution in [1.29, 1.82) is 0 Å². The summed E-state index contributed by atoms with van der Waals surface area (Å²) in [6.45, 7) is 0. The van der Waals surface area contributed by atoms with E-state index in [1.807, 2.05) is 0 Å². The van der Waals surface area contributed by atoms with E-state index < -0.39 is 64.1 Å². The molecule has 0 aliphatic heterocycles. The highest BCUT2D eigenvalue weighted by molar-refractivity contribution is 7.80. The van der Waals surface area contributed by atoms with Gasteiger partial charge in [0.25, 0.3) is 52.0 Å². The van der Waals surface area contributed by atoms with E-state index >= 15 is 0 Å². The summed E-state index contributed by atoms with van der Waals surface area (Å²) in [5.74, 6) is -20.4. The maximum atomic E-state index is 12.0. The van der Waals surface area contributed by atoms with Crippen LogP contribution in [0.1, 0.15) is 141 Å². The highest BCUT2D eigenvalue weighted by Gasteiger charge is 2.42. The minimum atomic E-state index is -2.45. The molecule has 0 atom stereocenters. The van der Waals surface area contributed by atoms with Crippen LogP contribution in [0.15, 0.2) is 0 Å². The fourth-order valence-corrected chi connectivity index (χ4v) is 5.00. The Morgan fingerprint density at radius 2 is 0.565 bits per heavy atom. The summed E-state index contributed by atoms with van der Waals surface area (Å²) in [4.78, 5) is 126. The average Bonchev–Trinajstić information content (AvgIpc) is 3.07. The van der Waals surface area contributed by atoms with Crippen LogP contribution in [0, 0.1) is 0 Å². The predicted octanol–water partition coefficient (Wildman–Crippen LogP) is 4.39. The molecule has 0 heterocycles. The molecular formula is C34H48O11S. The summed E-state index contributed by atoms with van der Waals surface area (Å²) in [6.07, 6.45) is 23.3. The molecule has 11 nitrogen and oxygen atoms in total. The number of carbonyl (C=O) groups excluding carboxylic acids is 11. The van der Waals surface area contributed by atoms with Crippen LogP contribution in [-0.4, -0.2) is 69.9 Å². The lowest BCUT2D eigenvalue weighted by atomic mass is 9.97. The van der Waals surface area contributed by atoms with Crippen molar-refractivity contribution in [3.8, 4) is 0 Å². The number of ketones is 10. The molecule has 0 radical (unpaired) electrons. The van der Waals surface area contributed by atoms with Crippen LogP contribution in [0.2, 0.25) is 0 Å². The van der Waals surface area contributed by atoms with E-state index in [2.05, 4.69) is 12.6 Å². The Morgan fingerprint density at radius 1 is 0.326 bits per heavy atom. The second-order valence-electron chi connectivity index (χ2n) is 11.4. The summed E-state index contributed by atoms with van der Waals surface area (Å²) < 4.78 is 0. The zero-order chi connectivity index (χ0) is 34.7. The van der Waals surface area contributed by atoms with E-state index in [4.69, 9.17) is 0 Å². The summed E-state index contributed by atoms with van der Waals surface area (Å²) in [6, 6.07) is 0. The molecule has 46 heavy (non-hydrogen) atoms. The molecule has 0 saturated carbocycles. The Bertz CT molecular complexity index is 1110. The Morgan fingerprint density at radius 3 is 0.848 bits per heavy atom. The van der Waals surface area contributed by atoms with Crippen LogP contribution >= 0.6 is 12.6 Å². The molecule has 0 aliphatic rings. The van der Waals surface area contributed by atoms with Crippen LogP contribution < -0.4 is 0 Å². The molecule has 0 N–H and O–H groups in total. The second kappa shape index (κ2) is 26.9. The molecule has 0 aromatic rings. The largest absolute Gasteiger partial charge is 0.294 e. The number of hydrogen-bond acceptors (Lipinski definition) is 12. The third-order valence-electron chi connectivity index (χ3n) is 7.59. The molecular weight excluding hydrogens is 616 g/mol. The first-order valence-electron chi connectivity index (χ1n) is 16.5. The maximum absolute atomic E-state index is 12.0. The molecule has 0 rings (SSSR count). The highest BCUT2D eigenvalue weighted by Crippen LogP contribution is 2.15. The number of Topliss-reactive ketones (excluding diaryl/α,β-unsaturated/α-hetero) is 10. The lowest BCUT2D eigenvalue weighted by Crippen LogP contribution is -2.44. The SMILES string of the molecule is O=CC(=O)C(=O)C(=O)C(=O)C(=O)C(=O)C(=O)C(=O)C(=O)C(=O)CCCCCCCCCCCCCCCCCCCCCCCS. The van der Waals surface area contributed by atoms with Crippen molar-refractivity contribution in [3.63, 3.8) is 0 Å². The smallest absolute Gasteiger partial charge is 0.281 e. The van der Waals surface area contributed by atoms with E-state index in [0.29, 0.717) is 6.42 Å². The van der Waals surface area contributed by atoms with Crippen LogP contribution in [0.4, 0.5) is 0 Å². The number of hydrogen-bond donors (Lipinski definition) is 1. The number of rotatable bonds is 33. The molecule has 0 saturated heterocycles. The predicted molar refractivity (Wildman–Crippen MR) is 172 cm³/mol. The van der Waals surface area contributed by atoms with Gasteiger partial charge in [-0.15, -0.1) is 0 Å². The Labute approximate surface area is 276 Å². The Kier molecular flexibility index (Phi) is 25.0. The topological polar surface area (TPSA) is 188 Å². The molecule has 256 valence electrons. The van der Waals surface area contributed by atoms with Crippen molar-refractivity contribution in [2.75, 3.05) is 5.75 Å². The molecule has 12 heteroatoms. The van der Waals surface area contributed by atoms with Gasteiger partial charge in [0.15, 0.2) is 6.29 Å². The molecule has 0 aromatic heterocycles. The Balaban J connectivity index is 3.91. The molecule has 0 aromatic carbocycles. The molecule has 0 spiro atoms. The van der Waals surface area contributed by atoms with Crippen molar-refractivity contribution in [1.82, 2.24) is 0 Å². The van der Waals surface area contributed by atoms with Crippen molar-refractivity contribution in [3.05, 3.63) is 0 Å². The summed E-state index contributed by atoms with van der Waals surface area (Å²) >= 11 is 4.24. The molecule has 0 fully saturated rings. The lowest BCUT2D eigenvalue weighted by molar-refractivity contribution is -0.156. The fraction of sp³-hybridized carbons (Fsp3) is 0.676. The minimum absolute atomic E-state index is 0.259. The molecule has 0 bridgehead atoms. The third kappa shape index (κ3) is 18.6. The van der Waals surface area contributed by atoms with Gasteiger partial charge in [0.1, 0.15) is 0 Å². The summed E-state index contributed by atoms with van der Waals surface area (Å²) in [5.41, 5.74) is 0. The number of aldehydes is 1. The van der Waals surface area contributed by atoms with Gasteiger partial charge in [0, 0.05) is 6.42 Å². The van der Waals surface area contributed by atoms with Gasteiger partial charge in [-0.1, -0.05) is 122 Å². The standard InChI is InChI=1S/C34H48O11S/c35-24-26(37)28(39)30(41)32(43)34(45)33(44)31(42)29(40)27(38)25(36)22-20-18-16-14-12-10-8-6-4-2-1-3-5-7-9-11-13-15-17-19-21-23-46/h24,46H,1-23H2. The van der Waals surface area contributed by atoms with Gasteiger partial charge in [-0.3, -0.25) is 52.7 Å². The normalized spacial score (nSPS) is 10.6. The van der Waals surface area contributed by atoms with Gasteiger partial charge in [0.05, 0.1) is 0 Å². The van der Waals surface area contributed by atoms with E-state index in [0.717, 1.165) is 31.4 Å². The van der Waals surface area contributed by atoms with Gasteiger partial charge >= 0.3 is 0 Å². The van der Waals surface area contributed by atoms with Crippen LogP contribution in [0.5, 0.6) is 0 Å². The monoisotopic (exact) mass is 664 g/mol. The van der Waals surface area contributed by atoms with Gasteiger partial charge in [0.2, 0.25) is 5.78 Å². The first kappa shape index (κ1) is 42.7. The van der Waals surface area contributed by atoms with E-state index in [1.165, 1.54) is 96.3 Å². The number of unbranched alkanes of at least 4 members (excludes halogenated alkanes) is 20. The third-order valence-corrected chi connectivity index (χ3v) is 7.91. The van der Waals surface area contributed by atoms with Crippen molar-refractivity contribution < 1.29 is 52.7 Å². The number of carbonyl (C=O) groups is 11. The van der Waals surface area contributed by atoms with Crippen molar-refractivity contribution in [2.24, 2.45) is 0 Å². The quantitative estimate of drug-likeness (QED) is 0.0345. The van der Waals surface area contributed by atoms with E-state index in [-0.39, 0.29) is 12.8 Å². The van der Waals surface area contributed by atoms with E-state index in [9.17, 15) is 52.7 Å². The van der Waals surface area contributed by atoms with Gasteiger partial charge < -0.3 is 0 Å². The first-order valence-corrected chi connectivity index (χ1v) is 17.1. The summed E-state index contributed by atoms with van der Waals surface area (Å²) in [5, 5.41) is 0. The zero-order valence-electron chi connectivity index (χ0n) is 26.8. The number of thiol groups is 1. The fourth-order valence-electron chi connectivity index (χ4n) is 4.78. The summed E-state index contributed by atoms with van der Waals surface area (Å²) in [7, 11) is 0. The zero-order valence-corrected chi connectivity index (χ0v) is 27.7. The maximum Gasteiger partial charge on any atom is 0.281 e. The average molecular weight is 665 g/mol. The Hall–Kier alpha value is -3.28. The van der Waals surface area contributed by atoms with Gasteiger partial charge in [-0.05, 0) is 18.6 Å². The second-order valence-corrected chi connectivity index (χ2v) is 11.9. The van der Waals surface area contributed by atoms with Crippen LogP contribution in [0.25, 0.3) is 0 Å².